The van der Waals surface area contributed by atoms with Gasteiger partial charge >= 0.3 is 0 Å². The molecule has 0 saturated carbocycles. The second kappa shape index (κ2) is 6.09. The van der Waals surface area contributed by atoms with Gasteiger partial charge in [0.15, 0.2) is 5.78 Å². The quantitative estimate of drug-likeness (QED) is 0.801. The standard InChI is InChI=1S/C13H23N3O2/c1-5-13(18,6-2)11(17)7-12-14-9-15-16(12)8-10(3)4/h9-10,18H,5-8H2,1-4H3. The van der Waals surface area contributed by atoms with Crippen LogP contribution in [0.5, 0.6) is 0 Å². The van der Waals surface area contributed by atoms with E-state index in [2.05, 4.69) is 23.9 Å². The van der Waals surface area contributed by atoms with Crippen LogP contribution in [0.4, 0.5) is 0 Å². The van der Waals surface area contributed by atoms with Crippen molar-refractivity contribution in [1.82, 2.24) is 14.8 Å². The molecule has 0 radical (unpaired) electrons. The molecular formula is C13H23N3O2. The highest BCUT2D eigenvalue weighted by Gasteiger charge is 2.32. The fraction of sp³-hybridized carbons (Fsp3) is 0.769. The van der Waals surface area contributed by atoms with Gasteiger partial charge in [0.05, 0.1) is 6.42 Å². The summed E-state index contributed by atoms with van der Waals surface area (Å²) in [5.41, 5.74) is -1.23. The van der Waals surface area contributed by atoms with Crippen molar-refractivity contribution in [2.24, 2.45) is 5.92 Å². The Kier molecular flexibility index (Phi) is 5.02. The molecule has 0 aromatic carbocycles. The Morgan fingerprint density at radius 2 is 2.06 bits per heavy atom. The summed E-state index contributed by atoms with van der Waals surface area (Å²) >= 11 is 0. The maximum absolute atomic E-state index is 12.1. The first-order valence-corrected chi connectivity index (χ1v) is 6.55. The smallest absolute Gasteiger partial charge is 0.171 e. The van der Waals surface area contributed by atoms with Gasteiger partial charge in [-0.2, -0.15) is 5.10 Å². The molecule has 1 aromatic heterocycles. The molecule has 1 N–H and O–H groups in total. The minimum absolute atomic E-state index is 0.144. The summed E-state index contributed by atoms with van der Waals surface area (Å²) in [6.45, 7) is 8.54. The van der Waals surface area contributed by atoms with E-state index in [1.165, 1.54) is 6.33 Å². The molecule has 0 bridgehead atoms. The molecule has 18 heavy (non-hydrogen) atoms. The lowest BCUT2D eigenvalue weighted by Crippen LogP contribution is -2.39. The van der Waals surface area contributed by atoms with Crippen molar-refractivity contribution in [1.29, 1.82) is 0 Å². The summed E-state index contributed by atoms with van der Waals surface area (Å²) in [5.74, 6) is 0.899. The molecule has 0 amide bonds. The predicted octanol–water partition coefficient (Wildman–Crippen LogP) is 1.60. The number of rotatable bonds is 7. The number of ketones is 1. The molecule has 1 rings (SSSR count). The minimum Gasteiger partial charge on any atom is -0.382 e. The van der Waals surface area contributed by atoms with E-state index in [1.807, 2.05) is 13.8 Å². The third-order valence-corrected chi connectivity index (χ3v) is 3.24. The Morgan fingerprint density at radius 3 is 2.56 bits per heavy atom. The van der Waals surface area contributed by atoms with Crippen molar-refractivity contribution in [3.05, 3.63) is 12.2 Å². The second-order valence-corrected chi connectivity index (χ2v) is 5.09. The Morgan fingerprint density at radius 1 is 1.44 bits per heavy atom. The summed E-state index contributed by atoms with van der Waals surface area (Å²) in [6.07, 6.45) is 2.47. The summed E-state index contributed by atoms with van der Waals surface area (Å²) in [5, 5.41) is 14.3. The Hall–Kier alpha value is -1.23. The van der Waals surface area contributed by atoms with E-state index in [9.17, 15) is 9.90 Å². The van der Waals surface area contributed by atoms with Gasteiger partial charge in [0.25, 0.3) is 0 Å². The van der Waals surface area contributed by atoms with Crippen LogP contribution in [0.2, 0.25) is 0 Å². The first-order chi connectivity index (χ1) is 8.42. The molecule has 5 nitrogen and oxygen atoms in total. The highest BCUT2D eigenvalue weighted by molar-refractivity contribution is 5.88. The SMILES string of the molecule is CCC(O)(CC)C(=O)Cc1ncnn1CC(C)C. The normalized spacial score (nSPS) is 12.1. The van der Waals surface area contributed by atoms with Crippen LogP contribution in [-0.2, 0) is 17.8 Å². The molecule has 102 valence electrons. The zero-order valence-electron chi connectivity index (χ0n) is 11.7. The van der Waals surface area contributed by atoms with Crippen molar-refractivity contribution in [2.75, 3.05) is 0 Å². The van der Waals surface area contributed by atoms with Gasteiger partial charge in [-0.15, -0.1) is 0 Å². The van der Waals surface area contributed by atoms with Crippen LogP contribution in [0.15, 0.2) is 6.33 Å². The lowest BCUT2D eigenvalue weighted by atomic mass is 9.90. The number of carbonyl (C=O) groups excluding carboxylic acids is 1. The minimum atomic E-state index is -1.23. The van der Waals surface area contributed by atoms with Crippen LogP contribution in [0.3, 0.4) is 0 Å². The van der Waals surface area contributed by atoms with Crippen molar-refractivity contribution in [3.8, 4) is 0 Å². The van der Waals surface area contributed by atoms with E-state index in [1.54, 1.807) is 4.68 Å². The number of aliphatic hydroxyl groups is 1. The van der Waals surface area contributed by atoms with Crippen LogP contribution in [0.25, 0.3) is 0 Å². The zero-order chi connectivity index (χ0) is 13.8. The highest BCUT2D eigenvalue weighted by atomic mass is 16.3. The topological polar surface area (TPSA) is 68.0 Å². The molecule has 5 heteroatoms. The van der Waals surface area contributed by atoms with Crippen molar-refractivity contribution >= 4 is 5.78 Å². The van der Waals surface area contributed by atoms with Gasteiger partial charge in [-0.1, -0.05) is 27.7 Å². The summed E-state index contributed by atoms with van der Waals surface area (Å²) in [4.78, 5) is 16.2. The van der Waals surface area contributed by atoms with E-state index < -0.39 is 5.60 Å². The zero-order valence-corrected chi connectivity index (χ0v) is 11.7. The Labute approximate surface area is 108 Å². The lowest BCUT2D eigenvalue weighted by Gasteiger charge is -2.23. The van der Waals surface area contributed by atoms with Gasteiger partial charge in [-0.3, -0.25) is 4.79 Å². The molecule has 0 spiro atoms. The molecular weight excluding hydrogens is 230 g/mol. The van der Waals surface area contributed by atoms with E-state index in [0.717, 1.165) is 6.54 Å². The number of aromatic nitrogens is 3. The fourth-order valence-corrected chi connectivity index (χ4v) is 1.88. The first kappa shape index (κ1) is 14.8. The molecule has 0 fully saturated rings. The van der Waals surface area contributed by atoms with Crippen LogP contribution in [-0.4, -0.2) is 31.3 Å². The molecule has 0 aliphatic heterocycles. The van der Waals surface area contributed by atoms with Crippen LogP contribution in [0.1, 0.15) is 46.4 Å². The largest absolute Gasteiger partial charge is 0.382 e. The van der Waals surface area contributed by atoms with E-state index in [0.29, 0.717) is 24.6 Å². The number of hydrogen-bond donors (Lipinski definition) is 1. The Balaban J connectivity index is 2.79. The highest BCUT2D eigenvalue weighted by Crippen LogP contribution is 2.18. The molecule has 0 unspecified atom stereocenters. The van der Waals surface area contributed by atoms with Crippen molar-refractivity contribution in [3.63, 3.8) is 0 Å². The monoisotopic (exact) mass is 253 g/mol. The molecule has 0 aliphatic carbocycles. The molecule has 1 heterocycles. The summed E-state index contributed by atoms with van der Waals surface area (Å²) in [6, 6.07) is 0. The first-order valence-electron chi connectivity index (χ1n) is 6.55. The third-order valence-electron chi connectivity index (χ3n) is 3.24. The van der Waals surface area contributed by atoms with E-state index >= 15 is 0 Å². The molecule has 0 saturated heterocycles. The number of carbonyl (C=O) groups is 1. The van der Waals surface area contributed by atoms with E-state index in [-0.39, 0.29) is 12.2 Å². The molecule has 0 atom stereocenters. The van der Waals surface area contributed by atoms with Gasteiger partial charge in [-0.05, 0) is 18.8 Å². The lowest BCUT2D eigenvalue weighted by molar-refractivity contribution is -0.137. The maximum Gasteiger partial charge on any atom is 0.171 e. The predicted molar refractivity (Wildman–Crippen MR) is 69.1 cm³/mol. The van der Waals surface area contributed by atoms with Gasteiger partial charge in [0, 0.05) is 6.54 Å². The van der Waals surface area contributed by atoms with Gasteiger partial charge in [0.1, 0.15) is 17.8 Å². The van der Waals surface area contributed by atoms with Crippen molar-refractivity contribution < 1.29 is 9.90 Å². The second-order valence-electron chi connectivity index (χ2n) is 5.09. The maximum atomic E-state index is 12.1. The average molecular weight is 253 g/mol. The van der Waals surface area contributed by atoms with Crippen LogP contribution in [0, 0.1) is 5.92 Å². The average Bonchev–Trinajstić information content (AvgIpc) is 2.74. The third kappa shape index (κ3) is 3.38. The summed E-state index contributed by atoms with van der Waals surface area (Å²) < 4.78 is 1.74. The molecule has 1 aromatic rings. The van der Waals surface area contributed by atoms with Crippen LogP contribution < -0.4 is 0 Å². The number of hydrogen-bond acceptors (Lipinski definition) is 4. The summed E-state index contributed by atoms with van der Waals surface area (Å²) in [7, 11) is 0. The van der Waals surface area contributed by atoms with Crippen LogP contribution >= 0.6 is 0 Å². The van der Waals surface area contributed by atoms with Gasteiger partial charge in [-0.25, -0.2) is 9.67 Å². The van der Waals surface area contributed by atoms with Gasteiger partial charge in [0.2, 0.25) is 0 Å². The fourth-order valence-electron chi connectivity index (χ4n) is 1.88. The molecule has 0 aliphatic rings. The van der Waals surface area contributed by atoms with Gasteiger partial charge < -0.3 is 5.11 Å². The number of Topliss-reactive ketones (excluding diaryl/α,β-unsaturated/α-hetero) is 1. The van der Waals surface area contributed by atoms with E-state index in [4.69, 9.17) is 0 Å². The van der Waals surface area contributed by atoms with Crippen molar-refractivity contribution in [2.45, 2.75) is 59.1 Å². The Bertz CT molecular complexity index is 395. The number of nitrogens with zero attached hydrogens (tertiary/aromatic N) is 3.